The van der Waals surface area contributed by atoms with Crippen molar-refractivity contribution in [3.05, 3.63) is 54.2 Å². The molecular formula is C31H36N6O7. The molecule has 5 atom stereocenters. The van der Waals surface area contributed by atoms with Crippen LogP contribution in [0.1, 0.15) is 39.2 Å². The number of rotatable bonds is 6. The van der Waals surface area contributed by atoms with E-state index in [1.54, 1.807) is 32.9 Å². The maximum Gasteiger partial charge on any atom is 0.407 e. The Balaban J connectivity index is 1.42. The molecule has 3 aliphatic rings. The van der Waals surface area contributed by atoms with Gasteiger partial charge in [0.1, 0.15) is 18.1 Å². The van der Waals surface area contributed by atoms with E-state index in [9.17, 15) is 24.4 Å². The van der Waals surface area contributed by atoms with Crippen molar-refractivity contribution in [1.29, 1.82) is 5.26 Å². The number of anilines is 1. The van der Waals surface area contributed by atoms with Crippen LogP contribution in [-0.2, 0) is 30.5 Å². The second-order valence-corrected chi connectivity index (χ2v) is 12.3. The van der Waals surface area contributed by atoms with Crippen molar-refractivity contribution in [1.82, 2.24) is 20.1 Å². The number of likely N-dealkylation sites (tertiary alicyclic amines) is 2. The van der Waals surface area contributed by atoms with Gasteiger partial charge in [-0.25, -0.2) is 9.78 Å². The highest BCUT2D eigenvalue weighted by molar-refractivity contribution is 6.01. The smallest absolute Gasteiger partial charge is 0.407 e. The fourth-order valence-electron chi connectivity index (χ4n) is 5.87. The molecule has 0 unspecified atom stereocenters. The van der Waals surface area contributed by atoms with Crippen molar-refractivity contribution in [2.24, 2.45) is 5.41 Å². The number of fused-ring (bicyclic) bond motifs is 1. The molecule has 0 radical (unpaired) electrons. The van der Waals surface area contributed by atoms with E-state index in [1.807, 2.05) is 30.3 Å². The minimum Gasteiger partial charge on any atom is -0.472 e. The number of hydrogen-bond donors (Lipinski definition) is 2. The molecule has 2 saturated heterocycles. The lowest BCUT2D eigenvalue weighted by molar-refractivity contribution is -0.147. The predicted octanol–water partition coefficient (Wildman–Crippen LogP) is 2.23. The summed E-state index contributed by atoms with van der Waals surface area (Å²) in [5.41, 5.74) is -1.30. The van der Waals surface area contributed by atoms with E-state index in [0.717, 1.165) is 5.56 Å². The SMILES string of the molecule is COC(=O)N[C@H](C(=O)N1C[C@H](OCc2ccccc2)C[C@H]1C(=O)N1C[C@@]2(C[C@H]1C#N)Oc1cccnc1NC2=O)C(C)(C)C. The van der Waals surface area contributed by atoms with Gasteiger partial charge in [-0.05, 0) is 23.1 Å². The van der Waals surface area contributed by atoms with Crippen molar-refractivity contribution in [2.45, 2.75) is 70.1 Å². The van der Waals surface area contributed by atoms with E-state index in [2.05, 4.69) is 21.7 Å². The third-order valence-electron chi connectivity index (χ3n) is 8.20. The van der Waals surface area contributed by atoms with E-state index in [0.29, 0.717) is 5.75 Å². The molecule has 0 bridgehead atoms. The predicted molar refractivity (Wildman–Crippen MR) is 156 cm³/mol. The van der Waals surface area contributed by atoms with Gasteiger partial charge in [-0.1, -0.05) is 51.1 Å². The molecule has 44 heavy (non-hydrogen) atoms. The Labute approximate surface area is 255 Å². The van der Waals surface area contributed by atoms with Crippen LogP contribution in [-0.4, -0.2) is 88.6 Å². The van der Waals surface area contributed by atoms with Crippen molar-refractivity contribution in [3.8, 4) is 11.8 Å². The summed E-state index contributed by atoms with van der Waals surface area (Å²) in [5.74, 6) is -0.892. The zero-order chi connectivity index (χ0) is 31.6. The summed E-state index contributed by atoms with van der Waals surface area (Å²) in [5, 5.41) is 15.4. The Morgan fingerprint density at radius 2 is 1.95 bits per heavy atom. The second kappa shape index (κ2) is 12.1. The number of benzene rings is 1. The number of ether oxygens (including phenoxy) is 3. The Morgan fingerprint density at radius 1 is 1.20 bits per heavy atom. The summed E-state index contributed by atoms with van der Waals surface area (Å²) in [6.45, 7) is 5.55. The van der Waals surface area contributed by atoms with Crippen LogP contribution < -0.4 is 15.4 Å². The van der Waals surface area contributed by atoms with Gasteiger partial charge in [-0.2, -0.15) is 5.26 Å². The van der Waals surface area contributed by atoms with Gasteiger partial charge in [0.05, 0.1) is 32.4 Å². The lowest BCUT2D eigenvalue weighted by Gasteiger charge is -2.36. The quantitative estimate of drug-likeness (QED) is 0.503. The van der Waals surface area contributed by atoms with E-state index < -0.39 is 59.1 Å². The Kier molecular flexibility index (Phi) is 8.47. The maximum atomic E-state index is 14.3. The minimum absolute atomic E-state index is 0.0570. The molecule has 1 spiro atoms. The maximum absolute atomic E-state index is 14.3. The molecule has 232 valence electrons. The van der Waals surface area contributed by atoms with Crippen LogP contribution in [0.5, 0.6) is 5.75 Å². The third kappa shape index (κ3) is 6.03. The number of hydrogen-bond acceptors (Lipinski definition) is 9. The molecule has 2 fully saturated rings. The summed E-state index contributed by atoms with van der Waals surface area (Å²) >= 11 is 0. The summed E-state index contributed by atoms with van der Waals surface area (Å²) in [6.07, 6.45) is 0.340. The van der Waals surface area contributed by atoms with Crippen molar-refractivity contribution >= 4 is 29.6 Å². The topological polar surface area (TPSA) is 163 Å². The number of carbonyl (C=O) groups is 4. The number of carbonyl (C=O) groups excluding carboxylic acids is 4. The van der Waals surface area contributed by atoms with Gasteiger partial charge >= 0.3 is 6.09 Å². The zero-order valence-electron chi connectivity index (χ0n) is 25.1. The monoisotopic (exact) mass is 604 g/mol. The van der Waals surface area contributed by atoms with E-state index in [4.69, 9.17) is 14.2 Å². The van der Waals surface area contributed by atoms with Gasteiger partial charge < -0.3 is 34.6 Å². The average molecular weight is 605 g/mol. The number of pyridine rings is 1. The summed E-state index contributed by atoms with van der Waals surface area (Å²) in [6, 6.07) is 12.0. The number of alkyl carbamates (subject to hydrolysis) is 1. The zero-order valence-corrected chi connectivity index (χ0v) is 25.1. The molecule has 0 aliphatic carbocycles. The highest BCUT2D eigenvalue weighted by Crippen LogP contribution is 2.40. The van der Waals surface area contributed by atoms with E-state index >= 15 is 0 Å². The first kappa shape index (κ1) is 30.7. The van der Waals surface area contributed by atoms with Gasteiger partial charge in [0.25, 0.3) is 5.91 Å². The molecule has 0 saturated carbocycles. The number of nitriles is 1. The fourth-order valence-corrected chi connectivity index (χ4v) is 5.87. The highest BCUT2D eigenvalue weighted by atomic mass is 16.5. The molecule has 4 heterocycles. The Morgan fingerprint density at radius 3 is 2.64 bits per heavy atom. The van der Waals surface area contributed by atoms with Crippen LogP contribution in [0, 0.1) is 16.7 Å². The van der Waals surface area contributed by atoms with Crippen molar-refractivity contribution in [3.63, 3.8) is 0 Å². The molecule has 13 nitrogen and oxygen atoms in total. The normalized spacial score (nSPS) is 25.0. The minimum atomic E-state index is -1.50. The van der Waals surface area contributed by atoms with Gasteiger partial charge in [0.2, 0.25) is 17.4 Å². The molecule has 3 aliphatic heterocycles. The summed E-state index contributed by atoms with van der Waals surface area (Å²) < 4.78 is 17.0. The van der Waals surface area contributed by atoms with Gasteiger partial charge in [-0.3, -0.25) is 14.4 Å². The van der Waals surface area contributed by atoms with Crippen molar-refractivity contribution < 1.29 is 33.4 Å². The van der Waals surface area contributed by atoms with Crippen LogP contribution in [0.15, 0.2) is 48.7 Å². The van der Waals surface area contributed by atoms with Crippen LogP contribution in [0.2, 0.25) is 0 Å². The molecule has 4 amide bonds. The summed E-state index contributed by atoms with van der Waals surface area (Å²) in [4.78, 5) is 60.7. The summed E-state index contributed by atoms with van der Waals surface area (Å²) in [7, 11) is 1.21. The third-order valence-corrected chi connectivity index (χ3v) is 8.20. The van der Waals surface area contributed by atoms with Crippen molar-refractivity contribution in [2.75, 3.05) is 25.5 Å². The average Bonchev–Trinajstić information content (AvgIpc) is 3.61. The van der Waals surface area contributed by atoms with E-state index in [-0.39, 0.29) is 38.4 Å². The molecular weight excluding hydrogens is 568 g/mol. The molecule has 2 aromatic rings. The van der Waals surface area contributed by atoms with Gasteiger partial charge in [0.15, 0.2) is 11.6 Å². The first-order chi connectivity index (χ1) is 21.0. The number of nitrogens with zero attached hydrogens (tertiary/aromatic N) is 4. The van der Waals surface area contributed by atoms with Crippen LogP contribution in [0.25, 0.3) is 0 Å². The standard InChI is InChI=1S/C31H36N6O7/c1-30(2,3)24(34-29(41)42-4)27(39)36-16-21(43-17-19-9-6-5-7-10-19)13-22(36)26(38)37-18-31(14-20(37)15-32)28(40)35-25-23(44-31)11-8-12-33-25/h5-12,20-22,24H,13-14,16-18H2,1-4H3,(H,34,41)(H,33,35,40)/t20-,21+,22-,24+,31+/m0/s1. The molecule has 1 aromatic carbocycles. The first-order valence-corrected chi connectivity index (χ1v) is 14.4. The van der Waals surface area contributed by atoms with Gasteiger partial charge in [0, 0.05) is 25.6 Å². The number of aromatic nitrogens is 1. The number of amides is 4. The lowest BCUT2D eigenvalue weighted by Crippen LogP contribution is -2.59. The molecule has 13 heteroatoms. The Hall–Kier alpha value is -4.70. The van der Waals surface area contributed by atoms with Crippen LogP contribution in [0.4, 0.5) is 10.6 Å². The highest BCUT2D eigenvalue weighted by Gasteiger charge is 2.57. The van der Waals surface area contributed by atoms with E-state index in [1.165, 1.54) is 23.1 Å². The number of methoxy groups -OCH3 is 1. The van der Waals surface area contributed by atoms with Crippen LogP contribution >= 0.6 is 0 Å². The second-order valence-electron chi connectivity index (χ2n) is 12.3. The number of nitrogens with one attached hydrogen (secondary N) is 2. The lowest BCUT2D eigenvalue weighted by atomic mass is 9.85. The molecule has 1 aromatic heterocycles. The fraction of sp³-hybridized carbons (Fsp3) is 0.484. The van der Waals surface area contributed by atoms with Gasteiger partial charge in [-0.15, -0.1) is 0 Å². The van der Waals surface area contributed by atoms with Crippen LogP contribution in [0.3, 0.4) is 0 Å². The Bertz CT molecular complexity index is 1470. The molecule has 2 N–H and O–H groups in total. The largest absolute Gasteiger partial charge is 0.472 e. The molecule has 5 rings (SSSR count). The first-order valence-electron chi connectivity index (χ1n) is 14.4.